The van der Waals surface area contributed by atoms with Crippen LogP contribution in [0.1, 0.15) is 155 Å². The van der Waals surface area contributed by atoms with E-state index in [0.717, 1.165) is 6.07 Å². The Balaban J connectivity index is 0.000000222. The Kier molecular flexibility index (Phi) is 42.5. The van der Waals surface area contributed by atoms with Gasteiger partial charge in [-0.25, -0.2) is 66.4 Å². The summed E-state index contributed by atoms with van der Waals surface area (Å²) >= 11 is 18.1. The molecule has 41 heteroatoms. The molecule has 0 atom stereocenters. The number of rotatable bonds is 35. The van der Waals surface area contributed by atoms with Crippen LogP contribution in [-0.2, 0) is 50.1 Å². The van der Waals surface area contributed by atoms with E-state index in [-0.39, 0.29) is 156 Å². The fourth-order valence-electron chi connectivity index (χ4n) is 12.5. The van der Waals surface area contributed by atoms with Crippen LogP contribution in [0.5, 0.6) is 40.5 Å². The van der Waals surface area contributed by atoms with Gasteiger partial charge in [-0.15, -0.1) is 0 Å². The molecule has 7 aromatic heterocycles. The van der Waals surface area contributed by atoms with Crippen molar-refractivity contribution in [2.45, 2.75) is 147 Å². The lowest BCUT2D eigenvalue weighted by Crippen LogP contribution is -2.17. The standard InChI is InChI=1S/C21H19ClN2O4S.C21H19FN2O4S.C20H18ClN3O4S.C20H19ClN2O4S.C20H19N3O4S.3CH4/c1-14(2)28-20-11-9-17(13-23-20)29(26,27)24-19-10-8-16(22)12-18(19)21(25)15-6-4-3-5-7-15;1-14(2)28-17-8-10-18(11-9-17)29(26,27)24-21-19(7-4-12-23-21)20(25)15-5-3-6-16(22)13-15;1-13(2)28-18-9-8-16(12-22-18)29(26,27)24-20-17(10-15(21)11-23-20)19(25)14-6-4-3-5-7-14;1-14(2)26-16-6-8-18(9-7-16)28(24,25)23-19-10-5-15(21)12-20(19)27-17-4-3-11-22-13-17;1-14(2)27-16-3-5-17(6-4-16)28(25,26)23-19-9-12-22-13-18(19)20(24)15-7-10-21-11-8-15;;;/h3-14,24H,1-2H3;3-14H,1-2H3,(H,23,24);3-13H,1-2H3,(H,23,24);3-14,23H,1-2H3;3-14H,1-2H3,(H,22,23);3*1H4. The molecule has 0 aliphatic rings. The third kappa shape index (κ3) is 34.0. The first-order valence-corrected chi connectivity index (χ1v) is 51.9. The third-order valence-corrected chi connectivity index (χ3v) is 26.3. The number of hydrogen-bond donors (Lipinski definition) is 5. The molecule has 0 spiro atoms. The second-order valence-corrected chi connectivity index (χ2v) is 41.4. The first kappa shape index (κ1) is 116. The summed E-state index contributed by atoms with van der Waals surface area (Å²) in [5.41, 5.74) is 2.19. The highest BCUT2D eigenvalue weighted by atomic mass is 35.5. The average Bonchev–Trinajstić information content (AvgIpc) is 0.772. The van der Waals surface area contributed by atoms with Crippen molar-refractivity contribution in [1.82, 2.24) is 34.9 Å². The van der Waals surface area contributed by atoms with Crippen molar-refractivity contribution >= 4 is 137 Å². The van der Waals surface area contributed by atoms with Crippen LogP contribution >= 0.6 is 34.8 Å². The summed E-state index contributed by atoms with van der Waals surface area (Å²) in [4.78, 5) is 78.9. The van der Waals surface area contributed by atoms with E-state index in [2.05, 4.69) is 58.5 Å². The maximum Gasteiger partial charge on any atom is 0.264 e. The van der Waals surface area contributed by atoms with Gasteiger partial charge in [0.1, 0.15) is 38.6 Å². The van der Waals surface area contributed by atoms with Crippen LogP contribution in [0.25, 0.3) is 0 Å². The van der Waals surface area contributed by atoms with Crippen molar-refractivity contribution in [2.24, 2.45) is 0 Å². The average molecular weight is 2140 g/mol. The van der Waals surface area contributed by atoms with Gasteiger partial charge in [-0.2, -0.15) is 0 Å². The zero-order valence-electron chi connectivity index (χ0n) is 77.9. The van der Waals surface area contributed by atoms with E-state index in [0.29, 0.717) is 61.5 Å². The fraction of sp³-hybridized carbons (Fsp3) is 0.171. The minimum Gasteiger partial charge on any atom is -0.491 e. The monoisotopic (exact) mass is 2140 g/mol. The summed E-state index contributed by atoms with van der Waals surface area (Å²) in [6.07, 6.45) is 13.7. The lowest BCUT2D eigenvalue weighted by atomic mass is 10.0. The van der Waals surface area contributed by atoms with Gasteiger partial charge in [0, 0.05) is 99.4 Å². The smallest absolute Gasteiger partial charge is 0.264 e. The van der Waals surface area contributed by atoms with E-state index in [1.54, 1.807) is 140 Å². The van der Waals surface area contributed by atoms with Crippen molar-refractivity contribution < 1.29 is 94.1 Å². The molecule has 8 aromatic carbocycles. The quantitative estimate of drug-likeness (QED) is 0.0230. The molecule has 0 unspecified atom stereocenters. The molecule has 32 nitrogen and oxygen atoms in total. The summed E-state index contributed by atoms with van der Waals surface area (Å²) in [7, 11) is -19.7. The number of ether oxygens (including phenoxy) is 6. The number of hydrogen-bond acceptors (Lipinski definition) is 27. The van der Waals surface area contributed by atoms with Crippen molar-refractivity contribution in [1.29, 1.82) is 0 Å². The van der Waals surface area contributed by atoms with Crippen molar-refractivity contribution in [3.8, 4) is 40.5 Å². The molecule has 0 saturated heterocycles. The van der Waals surface area contributed by atoms with Crippen LogP contribution in [0, 0.1) is 5.82 Å². The Bertz CT molecular complexity index is 7370. The first-order chi connectivity index (χ1) is 68.0. The van der Waals surface area contributed by atoms with Crippen LogP contribution in [-0.4, -0.2) is 131 Å². The van der Waals surface area contributed by atoms with Gasteiger partial charge < -0.3 is 28.4 Å². The zero-order chi connectivity index (χ0) is 103. The highest BCUT2D eigenvalue weighted by molar-refractivity contribution is 7.94. The van der Waals surface area contributed by atoms with Gasteiger partial charge in [-0.05, 0) is 245 Å². The molecule has 5 N–H and O–H groups in total. The molecule has 0 amide bonds. The summed E-state index contributed by atoms with van der Waals surface area (Å²) in [6, 6.07) is 67.4. The number of carbonyl (C=O) groups is 4. The molecule has 15 aromatic rings. The number of nitrogens with one attached hydrogen (secondary N) is 5. The number of anilines is 5. The highest BCUT2D eigenvalue weighted by Crippen LogP contribution is 2.36. The molecule has 15 rings (SSSR count). The number of nitrogens with zero attached hydrogens (tertiary/aromatic N) is 7. The zero-order valence-corrected chi connectivity index (χ0v) is 84.3. The molecule has 0 aliphatic carbocycles. The van der Waals surface area contributed by atoms with Crippen LogP contribution in [0.3, 0.4) is 0 Å². The van der Waals surface area contributed by atoms with Crippen LogP contribution < -0.4 is 52.0 Å². The Morgan fingerprint density at radius 2 is 0.664 bits per heavy atom. The predicted octanol–water partition coefficient (Wildman–Crippen LogP) is 22.9. The maximum absolute atomic E-state index is 13.5. The Morgan fingerprint density at radius 3 is 1.13 bits per heavy atom. The van der Waals surface area contributed by atoms with Gasteiger partial charge in [-0.1, -0.05) is 130 Å². The fourth-order valence-corrected chi connectivity index (χ4v) is 18.2. The topological polar surface area (TPSA) is 445 Å². The van der Waals surface area contributed by atoms with E-state index >= 15 is 0 Å². The third-order valence-electron chi connectivity index (χ3n) is 18.8. The lowest BCUT2D eigenvalue weighted by molar-refractivity contribution is 0.103. The largest absolute Gasteiger partial charge is 0.491 e. The van der Waals surface area contributed by atoms with E-state index in [1.165, 1.54) is 183 Å². The Hall–Kier alpha value is -15.2. The second-order valence-electron chi connectivity index (χ2n) is 31.7. The number of sulfonamides is 5. The second kappa shape index (κ2) is 53.4. The molecule has 146 heavy (non-hydrogen) atoms. The van der Waals surface area contributed by atoms with E-state index < -0.39 is 67.5 Å². The summed E-state index contributed by atoms with van der Waals surface area (Å²) in [6.45, 7) is 18.7. The number of aromatic nitrogens is 7. The van der Waals surface area contributed by atoms with Gasteiger partial charge in [0.15, 0.2) is 40.5 Å². The normalized spacial score (nSPS) is 11.1. The maximum atomic E-state index is 13.5. The Morgan fingerprint density at radius 1 is 0.281 bits per heavy atom. The Labute approximate surface area is 864 Å². The molecular weight excluding hydrogens is 2030 g/mol. The van der Waals surface area contributed by atoms with Gasteiger partial charge in [0.05, 0.1) is 103 Å². The summed E-state index contributed by atoms with van der Waals surface area (Å²) < 4.78 is 186. The number of benzene rings is 8. The number of ketones is 4. The molecular formula is C105H106Cl3FN12O20S5. The minimum atomic E-state index is -4.04. The molecule has 0 aliphatic heterocycles. The van der Waals surface area contributed by atoms with Crippen LogP contribution in [0.4, 0.5) is 33.1 Å². The molecule has 0 saturated carbocycles. The molecule has 7 heterocycles. The van der Waals surface area contributed by atoms with Crippen LogP contribution in [0.2, 0.25) is 15.1 Å². The summed E-state index contributed by atoms with van der Waals surface area (Å²) in [5, 5.41) is 0.949. The van der Waals surface area contributed by atoms with Gasteiger partial charge in [0.2, 0.25) is 11.8 Å². The molecule has 0 radical (unpaired) electrons. The van der Waals surface area contributed by atoms with Crippen molar-refractivity contribution in [3.63, 3.8) is 0 Å². The lowest BCUT2D eigenvalue weighted by Gasteiger charge is -2.14. The van der Waals surface area contributed by atoms with Crippen LogP contribution in [0.15, 0.2) is 353 Å². The van der Waals surface area contributed by atoms with Gasteiger partial charge >= 0.3 is 0 Å². The van der Waals surface area contributed by atoms with Gasteiger partial charge in [-0.3, -0.25) is 57.7 Å². The SMILES string of the molecule is C.C.C.CC(C)Oc1ccc(S(=O)(=O)Nc2ccc(Cl)cc2C(=O)c2ccccc2)cn1.CC(C)Oc1ccc(S(=O)(=O)Nc2ccc(Cl)cc2Oc2cccnc2)cc1.CC(C)Oc1ccc(S(=O)(=O)Nc2ccncc2C(=O)c2ccncc2)cc1.CC(C)Oc1ccc(S(=O)(=O)Nc2ncc(Cl)cc2C(=O)c2ccccc2)cn1.CC(C)Oc1ccc(S(=O)(=O)Nc2ncccc2C(=O)c2cccc(F)c2)cc1. The van der Waals surface area contributed by atoms with E-state index in [4.69, 9.17) is 63.2 Å². The molecule has 764 valence electrons. The predicted molar refractivity (Wildman–Crippen MR) is 563 cm³/mol. The molecule has 0 bridgehead atoms. The van der Waals surface area contributed by atoms with E-state index in [1.807, 2.05) is 69.2 Å². The number of pyridine rings is 7. The van der Waals surface area contributed by atoms with Crippen molar-refractivity contribution in [2.75, 3.05) is 23.6 Å². The van der Waals surface area contributed by atoms with E-state index in [9.17, 15) is 65.7 Å². The minimum absolute atomic E-state index is 0. The van der Waals surface area contributed by atoms with Crippen molar-refractivity contribution in [3.05, 3.63) is 394 Å². The molecule has 0 fully saturated rings. The summed E-state index contributed by atoms with van der Waals surface area (Å²) in [5.74, 6) is 0.608. The number of carbonyl (C=O) groups excluding carboxylic acids is 4. The first-order valence-electron chi connectivity index (χ1n) is 43.3. The van der Waals surface area contributed by atoms with Gasteiger partial charge in [0.25, 0.3) is 50.1 Å². The number of halogens is 4. The highest BCUT2D eigenvalue weighted by Gasteiger charge is 2.28.